The number of rotatable bonds is 7. The first kappa shape index (κ1) is 21.1. The van der Waals surface area contributed by atoms with Gasteiger partial charge >= 0.3 is 0 Å². The van der Waals surface area contributed by atoms with Gasteiger partial charge in [0.2, 0.25) is 0 Å². The SMILES string of the molecule is Cc1ccc(Oc2ccc(OCC(=O)N(C)Cc3nc4ccccc4c(=O)[nH]3)cc2)cc1. The molecule has 4 rings (SSSR count). The van der Waals surface area contributed by atoms with E-state index < -0.39 is 0 Å². The second kappa shape index (κ2) is 9.34. The third-order valence-corrected chi connectivity index (χ3v) is 4.92. The number of aromatic nitrogens is 2. The number of hydrogen-bond acceptors (Lipinski definition) is 5. The molecule has 0 aliphatic carbocycles. The molecule has 0 spiro atoms. The Morgan fingerprint density at radius 1 is 0.938 bits per heavy atom. The zero-order chi connectivity index (χ0) is 22.5. The monoisotopic (exact) mass is 429 g/mol. The highest BCUT2D eigenvalue weighted by atomic mass is 16.5. The molecule has 7 nitrogen and oxygen atoms in total. The number of ether oxygens (including phenoxy) is 2. The molecule has 0 atom stereocenters. The van der Waals surface area contributed by atoms with Gasteiger partial charge in [-0.15, -0.1) is 0 Å². The number of carbonyl (C=O) groups is 1. The van der Waals surface area contributed by atoms with Crippen LogP contribution in [0.25, 0.3) is 10.9 Å². The minimum atomic E-state index is -0.235. The van der Waals surface area contributed by atoms with E-state index in [1.165, 1.54) is 10.5 Å². The molecule has 0 saturated carbocycles. The molecule has 162 valence electrons. The summed E-state index contributed by atoms with van der Waals surface area (Å²) in [5.74, 6) is 2.17. The van der Waals surface area contributed by atoms with Gasteiger partial charge < -0.3 is 19.4 Å². The molecule has 0 aliphatic rings. The third-order valence-electron chi connectivity index (χ3n) is 4.92. The average molecular weight is 429 g/mol. The van der Waals surface area contributed by atoms with E-state index in [-0.39, 0.29) is 24.6 Å². The first-order chi connectivity index (χ1) is 15.5. The molecule has 7 heteroatoms. The summed E-state index contributed by atoms with van der Waals surface area (Å²) < 4.78 is 11.4. The molecule has 1 amide bonds. The molecule has 32 heavy (non-hydrogen) atoms. The summed E-state index contributed by atoms with van der Waals surface area (Å²) in [6.07, 6.45) is 0. The molecule has 0 radical (unpaired) electrons. The van der Waals surface area contributed by atoms with Crippen LogP contribution in [-0.4, -0.2) is 34.4 Å². The van der Waals surface area contributed by atoms with E-state index >= 15 is 0 Å². The van der Waals surface area contributed by atoms with Gasteiger partial charge in [-0.1, -0.05) is 29.8 Å². The molecule has 0 fully saturated rings. The molecule has 4 aromatic rings. The van der Waals surface area contributed by atoms with Crippen LogP contribution in [0.1, 0.15) is 11.4 Å². The summed E-state index contributed by atoms with van der Waals surface area (Å²) >= 11 is 0. The highest BCUT2D eigenvalue weighted by Gasteiger charge is 2.13. The molecule has 3 aromatic carbocycles. The maximum atomic E-state index is 12.5. The van der Waals surface area contributed by atoms with Gasteiger partial charge in [-0.3, -0.25) is 9.59 Å². The maximum absolute atomic E-state index is 12.5. The van der Waals surface area contributed by atoms with Crippen LogP contribution in [0.2, 0.25) is 0 Å². The number of fused-ring (bicyclic) bond motifs is 1. The van der Waals surface area contributed by atoms with Crippen LogP contribution in [0, 0.1) is 6.92 Å². The molecule has 1 N–H and O–H groups in total. The van der Waals surface area contributed by atoms with Crippen molar-refractivity contribution in [1.82, 2.24) is 14.9 Å². The summed E-state index contributed by atoms with van der Waals surface area (Å²) in [4.78, 5) is 33.3. The van der Waals surface area contributed by atoms with Crippen molar-refractivity contribution in [3.05, 3.63) is 94.5 Å². The fraction of sp³-hybridized carbons (Fsp3) is 0.160. The second-order valence-electron chi connectivity index (χ2n) is 7.45. The predicted molar refractivity (Wildman–Crippen MR) is 122 cm³/mol. The minimum Gasteiger partial charge on any atom is -0.484 e. The number of hydrogen-bond donors (Lipinski definition) is 1. The third kappa shape index (κ3) is 5.13. The number of aromatic amines is 1. The van der Waals surface area contributed by atoms with Gasteiger partial charge in [0, 0.05) is 7.05 Å². The molecular formula is C25H23N3O4. The Morgan fingerprint density at radius 3 is 2.28 bits per heavy atom. The van der Waals surface area contributed by atoms with E-state index in [2.05, 4.69) is 9.97 Å². The Hall–Kier alpha value is -4.13. The summed E-state index contributed by atoms with van der Waals surface area (Å²) in [5.41, 5.74) is 1.53. The smallest absolute Gasteiger partial charge is 0.260 e. The average Bonchev–Trinajstić information content (AvgIpc) is 2.80. The van der Waals surface area contributed by atoms with Gasteiger partial charge in [-0.05, 0) is 55.5 Å². The van der Waals surface area contributed by atoms with Gasteiger partial charge in [0.15, 0.2) is 6.61 Å². The molecule has 0 unspecified atom stereocenters. The van der Waals surface area contributed by atoms with E-state index in [1.807, 2.05) is 37.3 Å². The van der Waals surface area contributed by atoms with E-state index in [0.717, 1.165) is 5.75 Å². The lowest BCUT2D eigenvalue weighted by Gasteiger charge is -2.17. The van der Waals surface area contributed by atoms with Crippen LogP contribution in [-0.2, 0) is 11.3 Å². The van der Waals surface area contributed by atoms with Gasteiger partial charge in [0.1, 0.15) is 23.1 Å². The molecule has 0 bridgehead atoms. The minimum absolute atomic E-state index is 0.132. The largest absolute Gasteiger partial charge is 0.484 e. The van der Waals surface area contributed by atoms with Crippen LogP contribution >= 0.6 is 0 Å². The highest BCUT2D eigenvalue weighted by Crippen LogP contribution is 2.24. The first-order valence-corrected chi connectivity index (χ1v) is 10.2. The number of aryl methyl sites for hydroxylation is 1. The summed E-state index contributed by atoms with van der Waals surface area (Å²) in [6, 6.07) is 21.9. The lowest BCUT2D eigenvalue weighted by molar-refractivity contribution is -0.132. The summed E-state index contributed by atoms with van der Waals surface area (Å²) in [5, 5.41) is 0.517. The topological polar surface area (TPSA) is 84.5 Å². The van der Waals surface area contributed by atoms with Crippen LogP contribution in [0.5, 0.6) is 17.2 Å². The van der Waals surface area contributed by atoms with Gasteiger partial charge in [0.05, 0.1) is 17.4 Å². The van der Waals surface area contributed by atoms with Crippen LogP contribution in [0.3, 0.4) is 0 Å². The number of carbonyl (C=O) groups excluding carboxylic acids is 1. The maximum Gasteiger partial charge on any atom is 0.260 e. The number of H-pyrrole nitrogens is 1. The number of para-hydroxylation sites is 1. The molecule has 1 heterocycles. The Morgan fingerprint density at radius 2 is 1.56 bits per heavy atom. The fourth-order valence-corrected chi connectivity index (χ4v) is 3.12. The van der Waals surface area contributed by atoms with Gasteiger partial charge in [-0.2, -0.15) is 0 Å². The molecule has 1 aromatic heterocycles. The van der Waals surface area contributed by atoms with E-state index in [1.54, 1.807) is 49.5 Å². The van der Waals surface area contributed by atoms with Crippen molar-refractivity contribution in [2.45, 2.75) is 13.5 Å². The molecular weight excluding hydrogens is 406 g/mol. The molecule has 0 aliphatic heterocycles. The lowest BCUT2D eigenvalue weighted by atomic mass is 10.2. The van der Waals surface area contributed by atoms with Crippen LogP contribution in [0.15, 0.2) is 77.6 Å². The van der Waals surface area contributed by atoms with E-state index in [0.29, 0.717) is 28.2 Å². The summed E-state index contributed by atoms with van der Waals surface area (Å²) in [7, 11) is 1.64. The van der Waals surface area contributed by atoms with Crippen molar-refractivity contribution < 1.29 is 14.3 Å². The number of nitrogens with one attached hydrogen (secondary N) is 1. The Bertz CT molecular complexity index is 1280. The second-order valence-corrected chi connectivity index (χ2v) is 7.45. The predicted octanol–water partition coefficient (Wildman–Crippen LogP) is 4.06. The quantitative estimate of drug-likeness (QED) is 0.479. The Balaban J connectivity index is 1.32. The standard InChI is InChI=1S/C25H23N3O4/c1-17-7-9-19(10-8-17)32-20-13-11-18(12-14-20)31-16-24(29)28(2)15-23-26-22-6-4-3-5-21(22)25(30)27-23/h3-14H,15-16H2,1-2H3,(H,26,27,30). The number of benzene rings is 3. The summed E-state index contributed by atoms with van der Waals surface area (Å²) in [6.45, 7) is 2.06. The highest BCUT2D eigenvalue weighted by molar-refractivity contribution is 5.78. The van der Waals surface area contributed by atoms with E-state index in [9.17, 15) is 9.59 Å². The first-order valence-electron chi connectivity index (χ1n) is 10.2. The number of nitrogens with zero attached hydrogens (tertiary/aromatic N) is 2. The zero-order valence-corrected chi connectivity index (χ0v) is 17.9. The van der Waals surface area contributed by atoms with Crippen LogP contribution in [0.4, 0.5) is 0 Å². The van der Waals surface area contributed by atoms with Crippen molar-refractivity contribution >= 4 is 16.8 Å². The normalized spacial score (nSPS) is 10.7. The van der Waals surface area contributed by atoms with Gasteiger partial charge in [0.25, 0.3) is 11.5 Å². The zero-order valence-electron chi connectivity index (χ0n) is 17.9. The van der Waals surface area contributed by atoms with Gasteiger partial charge in [-0.25, -0.2) is 4.98 Å². The van der Waals surface area contributed by atoms with E-state index in [4.69, 9.17) is 9.47 Å². The Labute approximate surface area is 185 Å². The Kier molecular flexibility index (Phi) is 6.17. The van der Waals surface area contributed by atoms with Crippen molar-refractivity contribution in [1.29, 1.82) is 0 Å². The number of likely N-dealkylation sites (N-methyl/N-ethyl adjacent to an activating group) is 1. The van der Waals surface area contributed by atoms with Crippen molar-refractivity contribution in [3.63, 3.8) is 0 Å². The van der Waals surface area contributed by atoms with Crippen molar-refractivity contribution in [2.75, 3.05) is 13.7 Å². The molecule has 0 saturated heterocycles. The fourth-order valence-electron chi connectivity index (χ4n) is 3.12. The lowest BCUT2D eigenvalue weighted by Crippen LogP contribution is -2.32. The number of amides is 1. The van der Waals surface area contributed by atoms with Crippen LogP contribution < -0.4 is 15.0 Å². The van der Waals surface area contributed by atoms with Crippen molar-refractivity contribution in [3.8, 4) is 17.2 Å². The van der Waals surface area contributed by atoms with Crippen molar-refractivity contribution in [2.24, 2.45) is 0 Å².